The standard InChI is InChI=1S/C24H36O8/c1-15(2)17(25)28-22-9-16-10-23(12-22,31-18(26)29-20(3,4)5)14-24(11-16,13-22)32-19(27)30-21(6,7)8/h16H,1,9-14H2,2-8H3. The lowest BCUT2D eigenvalue weighted by Crippen LogP contribution is -2.69. The van der Waals surface area contributed by atoms with Crippen LogP contribution in [0.3, 0.4) is 0 Å². The van der Waals surface area contributed by atoms with Crippen LogP contribution < -0.4 is 0 Å². The predicted octanol–water partition coefficient (Wildman–Crippen LogP) is 5.22. The SMILES string of the molecule is C=C(C)C(=O)OC12CC3CC(OC(=O)OC(C)(C)C)(CC(OC(=O)OC(C)(C)C)(C3)C1)C2. The van der Waals surface area contributed by atoms with Crippen molar-refractivity contribution in [1.29, 1.82) is 0 Å². The highest BCUT2D eigenvalue weighted by Crippen LogP contribution is 2.63. The lowest BCUT2D eigenvalue weighted by Gasteiger charge is -2.63. The molecule has 0 spiro atoms. The van der Waals surface area contributed by atoms with Crippen LogP contribution in [0.5, 0.6) is 0 Å². The van der Waals surface area contributed by atoms with Crippen molar-refractivity contribution < 1.29 is 38.1 Å². The van der Waals surface area contributed by atoms with Gasteiger partial charge in [0.2, 0.25) is 0 Å². The molecule has 180 valence electrons. The molecule has 4 saturated carbocycles. The van der Waals surface area contributed by atoms with E-state index in [0.29, 0.717) is 38.5 Å². The molecule has 4 aliphatic rings. The quantitative estimate of drug-likeness (QED) is 0.325. The third-order valence-corrected chi connectivity index (χ3v) is 5.95. The first-order valence-corrected chi connectivity index (χ1v) is 11.2. The van der Waals surface area contributed by atoms with E-state index in [4.69, 9.17) is 23.7 Å². The van der Waals surface area contributed by atoms with Crippen LogP contribution >= 0.6 is 0 Å². The summed E-state index contributed by atoms with van der Waals surface area (Å²) in [4.78, 5) is 37.7. The third kappa shape index (κ3) is 5.56. The second kappa shape index (κ2) is 7.66. The van der Waals surface area contributed by atoms with E-state index in [9.17, 15) is 14.4 Å². The number of carbonyl (C=O) groups excluding carboxylic acids is 3. The summed E-state index contributed by atoms with van der Waals surface area (Å²) in [6, 6.07) is 0. The Kier molecular flexibility index (Phi) is 5.84. The molecule has 2 unspecified atom stereocenters. The molecule has 4 fully saturated rings. The van der Waals surface area contributed by atoms with Crippen molar-refractivity contribution >= 4 is 18.3 Å². The topological polar surface area (TPSA) is 97.4 Å². The van der Waals surface area contributed by atoms with Crippen LogP contribution in [0.4, 0.5) is 9.59 Å². The Labute approximate surface area is 189 Å². The number of hydrogen-bond acceptors (Lipinski definition) is 8. The minimum atomic E-state index is -0.959. The average molecular weight is 453 g/mol. The summed E-state index contributed by atoms with van der Waals surface area (Å²) in [5.41, 5.74) is -3.98. The van der Waals surface area contributed by atoms with Gasteiger partial charge in [0.05, 0.1) is 0 Å². The van der Waals surface area contributed by atoms with Crippen molar-refractivity contribution in [2.24, 2.45) is 5.92 Å². The van der Waals surface area contributed by atoms with Gasteiger partial charge >= 0.3 is 18.3 Å². The van der Waals surface area contributed by atoms with Crippen molar-refractivity contribution in [2.75, 3.05) is 0 Å². The second-order valence-corrected chi connectivity index (χ2v) is 11.9. The average Bonchev–Trinajstić information content (AvgIpc) is 2.47. The zero-order chi connectivity index (χ0) is 24.2. The Morgan fingerprint density at radius 2 is 1.06 bits per heavy atom. The highest BCUT2D eigenvalue weighted by atomic mass is 16.8. The van der Waals surface area contributed by atoms with Crippen molar-refractivity contribution in [1.82, 2.24) is 0 Å². The smallest absolute Gasteiger partial charge is 0.455 e. The van der Waals surface area contributed by atoms with E-state index in [1.165, 1.54) is 0 Å². The monoisotopic (exact) mass is 452 g/mol. The summed E-state index contributed by atoms with van der Waals surface area (Å²) in [5.74, 6) is -0.458. The van der Waals surface area contributed by atoms with Gasteiger partial charge in [0.25, 0.3) is 0 Å². The molecule has 0 saturated heterocycles. The van der Waals surface area contributed by atoms with Crippen LogP contribution in [-0.4, -0.2) is 46.3 Å². The fraction of sp³-hybridized carbons (Fsp3) is 0.792. The van der Waals surface area contributed by atoms with E-state index in [1.807, 2.05) is 0 Å². The van der Waals surface area contributed by atoms with Gasteiger partial charge in [0, 0.05) is 24.8 Å². The van der Waals surface area contributed by atoms with E-state index in [0.717, 1.165) is 0 Å². The van der Waals surface area contributed by atoms with E-state index >= 15 is 0 Å². The summed E-state index contributed by atoms with van der Waals surface area (Å²) >= 11 is 0. The number of hydrogen-bond donors (Lipinski definition) is 0. The van der Waals surface area contributed by atoms with Crippen molar-refractivity contribution in [3.8, 4) is 0 Å². The predicted molar refractivity (Wildman–Crippen MR) is 115 cm³/mol. The summed E-state index contributed by atoms with van der Waals surface area (Å²) in [6.07, 6.45) is 1.20. The third-order valence-electron chi connectivity index (χ3n) is 5.95. The van der Waals surface area contributed by atoms with Gasteiger partial charge in [0.1, 0.15) is 28.0 Å². The summed E-state index contributed by atoms with van der Waals surface area (Å²) in [6.45, 7) is 15.8. The van der Waals surface area contributed by atoms with Crippen LogP contribution in [0.15, 0.2) is 12.2 Å². The normalized spacial score (nSPS) is 33.3. The van der Waals surface area contributed by atoms with Gasteiger partial charge in [-0.3, -0.25) is 0 Å². The van der Waals surface area contributed by atoms with Crippen molar-refractivity contribution in [3.63, 3.8) is 0 Å². The molecule has 0 N–H and O–H groups in total. The zero-order valence-electron chi connectivity index (χ0n) is 20.3. The van der Waals surface area contributed by atoms with Crippen molar-refractivity contribution in [2.45, 2.75) is 115 Å². The first-order valence-electron chi connectivity index (χ1n) is 11.2. The fourth-order valence-electron chi connectivity index (χ4n) is 5.70. The van der Waals surface area contributed by atoms with Gasteiger partial charge in [-0.1, -0.05) is 6.58 Å². The molecule has 0 aliphatic heterocycles. The minimum Gasteiger partial charge on any atom is -0.455 e. The van der Waals surface area contributed by atoms with Crippen molar-refractivity contribution in [3.05, 3.63) is 12.2 Å². The molecular formula is C24H36O8. The Bertz CT molecular complexity index is 769. The molecule has 0 aromatic rings. The lowest BCUT2D eigenvalue weighted by atomic mass is 9.50. The molecule has 32 heavy (non-hydrogen) atoms. The largest absolute Gasteiger partial charge is 0.509 e. The minimum absolute atomic E-state index is 0.0500. The molecule has 8 nitrogen and oxygen atoms in total. The highest BCUT2D eigenvalue weighted by Gasteiger charge is 2.69. The maximum Gasteiger partial charge on any atom is 0.509 e. The van der Waals surface area contributed by atoms with Gasteiger partial charge < -0.3 is 23.7 Å². The number of ether oxygens (including phenoxy) is 5. The lowest BCUT2D eigenvalue weighted by molar-refractivity contribution is -0.266. The molecule has 0 amide bonds. The van der Waals surface area contributed by atoms with Crippen LogP contribution in [0.25, 0.3) is 0 Å². The van der Waals surface area contributed by atoms with E-state index in [2.05, 4.69) is 6.58 Å². The number of carbonyl (C=O) groups is 3. The van der Waals surface area contributed by atoms with Gasteiger partial charge in [0.15, 0.2) is 0 Å². The van der Waals surface area contributed by atoms with Crippen LogP contribution in [0.2, 0.25) is 0 Å². The summed E-state index contributed by atoms with van der Waals surface area (Å²) in [7, 11) is 0. The summed E-state index contributed by atoms with van der Waals surface area (Å²) < 4.78 is 28.5. The number of rotatable bonds is 4. The molecule has 8 heteroatoms. The Hall–Kier alpha value is -2.25. The zero-order valence-corrected chi connectivity index (χ0v) is 20.3. The van der Waals surface area contributed by atoms with Crippen LogP contribution in [-0.2, 0) is 28.5 Å². The molecule has 4 bridgehead atoms. The molecule has 0 radical (unpaired) electrons. The Balaban J connectivity index is 1.90. The van der Waals surface area contributed by atoms with Gasteiger partial charge in [-0.25, -0.2) is 14.4 Å². The van der Waals surface area contributed by atoms with Gasteiger partial charge in [-0.15, -0.1) is 0 Å². The number of esters is 1. The molecular weight excluding hydrogens is 416 g/mol. The maximum atomic E-state index is 12.6. The molecule has 0 aromatic carbocycles. The molecule has 4 rings (SSSR count). The van der Waals surface area contributed by atoms with Crippen LogP contribution in [0, 0.1) is 5.92 Å². The molecule has 4 aliphatic carbocycles. The Morgan fingerprint density at radius 1 is 0.719 bits per heavy atom. The van der Waals surface area contributed by atoms with E-state index in [-0.39, 0.29) is 11.5 Å². The molecule has 2 atom stereocenters. The molecule has 0 aromatic heterocycles. The Morgan fingerprint density at radius 3 is 1.38 bits per heavy atom. The fourth-order valence-corrected chi connectivity index (χ4v) is 5.70. The van der Waals surface area contributed by atoms with E-state index < -0.39 is 46.3 Å². The van der Waals surface area contributed by atoms with Crippen LogP contribution in [0.1, 0.15) is 87.0 Å². The van der Waals surface area contributed by atoms with Gasteiger partial charge in [-0.2, -0.15) is 0 Å². The first-order chi connectivity index (χ1) is 14.4. The second-order valence-electron chi connectivity index (χ2n) is 11.9. The first kappa shape index (κ1) is 24.4. The molecule has 0 heterocycles. The van der Waals surface area contributed by atoms with Gasteiger partial charge in [-0.05, 0) is 73.6 Å². The maximum absolute atomic E-state index is 12.6. The summed E-state index contributed by atoms with van der Waals surface area (Å²) in [5, 5.41) is 0. The highest BCUT2D eigenvalue weighted by molar-refractivity contribution is 5.87. The van der Waals surface area contributed by atoms with E-state index in [1.54, 1.807) is 48.5 Å².